The van der Waals surface area contributed by atoms with E-state index >= 15 is 0 Å². The summed E-state index contributed by atoms with van der Waals surface area (Å²) in [7, 11) is 0. The van der Waals surface area contributed by atoms with E-state index in [0.29, 0.717) is 29.2 Å². The average Bonchev–Trinajstić information content (AvgIpc) is 3.20. The zero-order valence-electron chi connectivity index (χ0n) is 19.3. The molecule has 0 bridgehead atoms. The number of esters is 1. The van der Waals surface area contributed by atoms with Gasteiger partial charge in [0.15, 0.2) is 17.2 Å². The number of nitrogens with zero attached hydrogens (tertiary/aromatic N) is 2. The molecule has 8 nitrogen and oxygen atoms in total. The first kappa shape index (κ1) is 25.6. The molecule has 0 spiro atoms. The number of hydrogen-bond donors (Lipinski definition) is 0. The van der Waals surface area contributed by atoms with Crippen molar-refractivity contribution in [3.05, 3.63) is 101 Å². The lowest BCUT2D eigenvalue weighted by Gasteiger charge is -2.14. The molecule has 0 N–H and O–H groups in total. The second-order valence-corrected chi connectivity index (χ2v) is 9.34. The third-order valence-corrected chi connectivity index (χ3v) is 6.68. The summed E-state index contributed by atoms with van der Waals surface area (Å²) >= 11 is 8.74. The highest BCUT2D eigenvalue weighted by Gasteiger charge is 2.25. The number of nitro groups is 1. The van der Waals surface area contributed by atoms with Crippen LogP contribution in [0.1, 0.15) is 29.2 Å². The minimum Gasteiger partial charge on any atom is -0.490 e. The van der Waals surface area contributed by atoms with E-state index in [4.69, 9.17) is 25.8 Å². The number of ether oxygens (including phenoxy) is 3. The predicted molar refractivity (Wildman–Crippen MR) is 145 cm³/mol. The zero-order chi connectivity index (χ0) is 25.8. The Morgan fingerprint density at radius 2 is 1.89 bits per heavy atom. The molecule has 3 aromatic rings. The number of rotatable bonds is 8. The Labute approximate surface area is 225 Å². The number of aliphatic imine (C=N–C) groups is 1. The highest BCUT2D eigenvalue weighted by atomic mass is 127. The first-order chi connectivity index (χ1) is 17.2. The maximum atomic E-state index is 12.5. The number of non-ortho nitro benzene ring substituents is 1. The average molecular weight is 619 g/mol. The lowest BCUT2D eigenvalue weighted by atomic mass is 10.1. The highest BCUT2D eigenvalue weighted by molar-refractivity contribution is 14.1. The Balaban J connectivity index is 1.58. The van der Waals surface area contributed by atoms with Crippen LogP contribution >= 0.6 is 34.2 Å². The Kier molecular flexibility index (Phi) is 7.90. The van der Waals surface area contributed by atoms with E-state index in [-0.39, 0.29) is 28.9 Å². The van der Waals surface area contributed by atoms with Crippen molar-refractivity contribution < 1.29 is 23.9 Å². The largest absolute Gasteiger partial charge is 0.490 e. The van der Waals surface area contributed by atoms with Crippen molar-refractivity contribution in [1.82, 2.24) is 0 Å². The number of halogens is 2. The Bertz CT molecular complexity index is 1400. The number of carbonyl (C=O) groups excluding carboxylic acids is 1. The van der Waals surface area contributed by atoms with Crippen LogP contribution in [0, 0.1) is 20.6 Å². The fraction of sp³-hybridized carbons (Fsp3) is 0.154. The van der Waals surface area contributed by atoms with Gasteiger partial charge in [-0.1, -0.05) is 11.6 Å². The van der Waals surface area contributed by atoms with E-state index in [1.807, 2.05) is 32.0 Å². The highest BCUT2D eigenvalue weighted by Crippen LogP contribution is 2.38. The first-order valence-corrected chi connectivity index (χ1v) is 12.3. The molecular formula is C26H20ClIN2O6. The molecular weight excluding hydrogens is 599 g/mol. The fourth-order valence-electron chi connectivity index (χ4n) is 3.41. The van der Waals surface area contributed by atoms with E-state index in [1.54, 1.807) is 30.3 Å². The Hall–Kier alpha value is -3.44. The summed E-state index contributed by atoms with van der Waals surface area (Å²) in [5.74, 6) is 0.396. The third kappa shape index (κ3) is 5.85. The summed E-state index contributed by atoms with van der Waals surface area (Å²) in [6, 6.07) is 15.1. The van der Waals surface area contributed by atoms with Gasteiger partial charge in [-0.3, -0.25) is 10.1 Å². The Morgan fingerprint density at radius 3 is 2.56 bits per heavy atom. The summed E-state index contributed by atoms with van der Waals surface area (Å²) in [4.78, 5) is 27.2. The second-order valence-electron chi connectivity index (χ2n) is 7.78. The molecule has 1 aliphatic heterocycles. The molecule has 0 unspecified atom stereocenters. The summed E-state index contributed by atoms with van der Waals surface area (Å²) in [6.45, 7) is 4.29. The molecule has 0 fully saturated rings. The molecule has 0 saturated heterocycles. The van der Waals surface area contributed by atoms with Crippen LogP contribution in [0.3, 0.4) is 0 Å². The van der Waals surface area contributed by atoms with Gasteiger partial charge >= 0.3 is 5.97 Å². The SMILES string of the molecule is CCOc1cc(/C=C2\N=C(c3ccc(I)c(C)c3)OC2=O)cc(Cl)c1OCc1ccc([N+](=O)[O-])cc1. The van der Waals surface area contributed by atoms with Gasteiger partial charge in [0, 0.05) is 21.3 Å². The first-order valence-electron chi connectivity index (χ1n) is 10.9. The van der Waals surface area contributed by atoms with Crippen molar-refractivity contribution in [2.24, 2.45) is 4.99 Å². The maximum absolute atomic E-state index is 12.5. The lowest BCUT2D eigenvalue weighted by molar-refractivity contribution is -0.384. The van der Waals surface area contributed by atoms with Gasteiger partial charge in [-0.2, -0.15) is 0 Å². The molecule has 1 heterocycles. The van der Waals surface area contributed by atoms with Crippen LogP contribution in [0.2, 0.25) is 5.02 Å². The number of benzene rings is 3. The number of aryl methyl sites for hydroxylation is 1. The van der Waals surface area contributed by atoms with Crippen molar-refractivity contribution in [1.29, 1.82) is 0 Å². The molecule has 1 aliphatic rings. The number of nitro benzene ring substituents is 1. The van der Waals surface area contributed by atoms with E-state index < -0.39 is 10.9 Å². The number of carbonyl (C=O) groups is 1. The van der Waals surface area contributed by atoms with Gasteiger partial charge < -0.3 is 14.2 Å². The van der Waals surface area contributed by atoms with Gasteiger partial charge in [-0.25, -0.2) is 9.79 Å². The zero-order valence-corrected chi connectivity index (χ0v) is 22.2. The molecule has 184 valence electrons. The molecule has 4 rings (SSSR count). The van der Waals surface area contributed by atoms with E-state index in [1.165, 1.54) is 12.1 Å². The molecule has 36 heavy (non-hydrogen) atoms. The smallest absolute Gasteiger partial charge is 0.363 e. The van der Waals surface area contributed by atoms with Crippen LogP contribution in [0.4, 0.5) is 5.69 Å². The fourth-order valence-corrected chi connectivity index (χ4v) is 4.02. The van der Waals surface area contributed by atoms with Gasteiger partial charge in [-0.05, 0) is 102 Å². The van der Waals surface area contributed by atoms with Gasteiger partial charge in [0.2, 0.25) is 5.90 Å². The predicted octanol–water partition coefficient (Wildman–Crippen LogP) is 6.48. The van der Waals surface area contributed by atoms with Crippen molar-refractivity contribution >= 4 is 57.8 Å². The number of cyclic esters (lactones) is 1. The number of hydrogen-bond acceptors (Lipinski definition) is 7. The summed E-state index contributed by atoms with van der Waals surface area (Å²) < 4.78 is 18.1. The van der Waals surface area contributed by atoms with Crippen LogP contribution in [-0.4, -0.2) is 23.4 Å². The van der Waals surface area contributed by atoms with Crippen LogP contribution in [0.25, 0.3) is 6.08 Å². The molecule has 0 aliphatic carbocycles. The van der Waals surface area contributed by atoms with Crippen LogP contribution in [0.15, 0.2) is 65.3 Å². The van der Waals surface area contributed by atoms with Gasteiger partial charge in [0.25, 0.3) is 5.69 Å². The molecule has 0 amide bonds. The van der Waals surface area contributed by atoms with Crippen LogP contribution in [-0.2, 0) is 16.1 Å². The van der Waals surface area contributed by atoms with Crippen molar-refractivity contribution in [3.8, 4) is 11.5 Å². The van der Waals surface area contributed by atoms with Gasteiger partial charge in [0.1, 0.15) is 6.61 Å². The molecule has 3 aromatic carbocycles. The van der Waals surface area contributed by atoms with Crippen molar-refractivity contribution in [3.63, 3.8) is 0 Å². The monoisotopic (exact) mass is 618 g/mol. The standard InChI is InChI=1S/C26H20ClIN2O6/c1-3-34-23-13-17(11-20(27)24(23)35-14-16-4-7-19(8-5-16)30(32)33)12-22-26(31)36-25(29-22)18-6-9-21(28)15(2)10-18/h4-13H,3,14H2,1-2H3/b22-12-. The third-order valence-electron chi connectivity index (χ3n) is 5.19. The minimum absolute atomic E-state index is 0.00223. The molecule has 10 heteroatoms. The minimum atomic E-state index is -0.561. The molecule has 0 aromatic heterocycles. The van der Waals surface area contributed by atoms with Crippen molar-refractivity contribution in [2.45, 2.75) is 20.5 Å². The topological polar surface area (TPSA) is 100 Å². The lowest BCUT2D eigenvalue weighted by Crippen LogP contribution is -2.05. The summed E-state index contributed by atoms with van der Waals surface area (Å²) in [6.07, 6.45) is 1.57. The summed E-state index contributed by atoms with van der Waals surface area (Å²) in [5, 5.41) is 11.1. The maximum Gasteiger partial charge on any atom is 0.363 e. The Morgan fingerprint density at radius 1 is 1.14 bits per heavy atom. The van der Waals surface area contributed by atoms with Crippen molar-refractivity contribution in [2.75, 3.05) is 6.61 Å². The molecule has 0 radical (unpaired) electrons. The quantitative estimate of drug-likeness (QED) is 0.0942. The van der Waals surface area contributed by atoms with E-state index in [0.717, 1.165) is 14.7 Å². The molecule has 0 atom stereocenters. The van der Waals surface area contributed by atoms with E-state index in [9.17, 15) is 14.9 Å². The van der Waals surface area contributed by atoms with Crippen LogP contribution < -0.4 is 9.47 Å². The normalized spacial score (nSPS) is 13.9. The van der Waals surface area contributed by atoms with Gasteiger partial charge in [-0.15, -0.1) is 0 Å². The van der Waals surface area contributed by atoms with Crippen LogP contribution in [0.5, 0.6) is 11.5 Å². The second kappa shape index (κ2) is 11.1. The summed E-state index contributed by atoms with van der Waals surface area (Å²) in [5.41, 5.74) is 3.22. The van der Waals surface area contributed by atoms with Gasteiger partial charge in [0.05, 0.1) is 16.6 Å². The van der Waals surface area contributed by atoms with E-state index in [2.05, 4.69) is 27.6 Å². The molecule has 0 saturated carbocycles.